The Morgan fingerprint density at radius 3 is 1.34 bits per heavy atom. The first-order valence-electron chi connectivity index (χ1n) is 15.2. The standard InChI is InChI=1S/C32H48N2O6S/c1-33(25-9-5-3-6-10-25)21-27(35)23-39-29-13-17-31(18-14-29)41(37,38)32-19-15-30(16-20-32)40-24-28(36)22-34(2)26-11-7-4-8-12-26/h13-20,25-28,35-36H,3-12,21-24H2,1-2H3/t27-,28-/m0/s1. The Balaban J connectivity index is 1.23. The Morgan fingerprint density at radius 2 is 1.00 bits per heavy atom. The van der Waals surface area contributed by atoms with Crippen molar-refractivity contribution in [1.82, 2.24) is 9.80 Å². The maximum Gasteiger partial charge on any atom is 0.206 e. The predicted molar refractivity (Wildman–Crippen MR) is 160 cm³/mol. The Kier molecular flexibility index (Phi) is 11.9. The molecule has 8 nitrogen and oxygen atoms in total. The molecule has 9 heteroatoms. The van der Waals surface area contributed by atoms with Crippen molar-refractivity contribution in [1.29, 1.82) is 0 Å². The molecule has 0 aromatic heterocycles. The van der Waals surface area contributed by atoms with E-state index in [1.54, 1.807) is 24.3 Å². The number of hydrogen-bond acceptors (Lipinski definition) is 8. The Bertz CT molecular complexity index is 1060. The van der Waals surface area contributed by atoms with Gasteiger partial charge in [-0.25, -0.2) is 8.42 Å². The van der Waals surface area contributed by atoms with Gasteiger partial charge in [-0.3, -0.25) is 0 Å². The molecule has 2 N–H and O–H groups in total. The van der Waals surface area contributed by atoms with E-state index < -0.39 is 22.0 Å². The first-order valence-corrected chi connectivity index (χ1v) is 16.7. The van der Waals surface area contributed by atoms with E-state index in [1.165, 1.54) is 88.5 Å². The zero-order valence-electron chi connectivity index (χ0n) is 24.7. The maximum absolute atomic E-state index is 13.2. The number of benzene rings is 2. The van der Waals surface area contributed by atoms with E-state index in [9.17, 15) is 18.6 Å². The molecular formula is C32H48N2O6S. The van der Waals surface area contributed by atoms with E-state index in [2.05, 4.69) is 23.9 Å². The summed E-state index contributed by atoms with van der Waals surface area (Å²) in [5.74, 6) is 1.03. The second-order valence-electron chi connectivity index (χ2n) is 11.8. The molecule has 4 rings (SSSR count). The van der Waals surface area contributed by atoms with Gasteiger partial charge in [0.25, 0.3) is 0 Å². The summed E-state index contributed by atoms with van der Waals surface area (Å²) in [5.41, 5.74) is 0. The molecule has 0 amide bonds. The zero-order valence-corrected chi connectivity index (χ0v) is 25.5. The molecule has 0 radical (unpaired) electrons. The normalized spacial score (nSPS) is 18.9. The highest BCUT2D eigenvalue weighted by Gasteiger charge is 2.22. The van der Waals surface area contributed by atoms with Crippen LogP contribution in [0.2, 0.25) is 0 Å². The SMILES string of the molecule is CN(C[C@H](O)COc1ccc(S(=O)(=O)c2ccc(OC[C@@H](O)CN(C)C3CCCCC3)cc2)cc1)C1CCCCC1. The van der Waals surface area contributed by atoms with Crippen LogP contribution in [-0.4, -0.2) is 93.1 Å². The van der Waals surface area contributed by atoms with Crippen molar-refractivity contribution in [3.63, 3.8) is 0 Å². The fraction of sp³-hybridized carbons (Fsp3) is 0.625. The van der Waals surface area contributed by atoms with Gasteiger partial charge in [-0.15, -0.1) is 0 Å². The lowest BCUT2D eigenvalue weighted by Gasteiger charge is -2.32. The lowest BCUT2D eigenvalue weighted by Crippen LogP contribution is -2.40. The van der Waals surface area contributed by atoms with Gasteiger partial charge in [-0.1, -0.05) is 38.5 Å². The Morgan fingerprint density at radius 1 is 0.659 bits per heavy atom. The van der Waals surface area contributed by atoms with Gasteiger partial charge in [0.15, 0.2) is 0 Å². The Labute approximate surface area is 246 Å². The van der Waals surface area contributed by atoms with Crippen molar-refractivity contribution in [3.8, 4) is 11.5 Å². The van der Waals surface area contributed by atoms with E-state index >= 15 is 0 Å². The third kappa shape index (κ3) is 9.41. The highest BCUT2D eigenvalue weighted by molar-refractivity contribution is 7.91. The van der Waals surface area contributed by atoms with Gasteiger partial charge in [0, 0.05) is 25.2 Å². The number of nitrogens with zero attached hydrogens (tertiary/aromatic N) is 2. The minimum atomic E-state index is -3.72. The number of aliphatic hydroxyl groups excluding tert-OH is 2. The molecule has 2 atom stereocenters. The van der Waals surface area contributed by atoms with E-state index in [4.69, 9.17) is 9.47 Å². The van der Waals surface area contributed by atoms with Crippen molar-refractivity contribution in [2.24, 2.45) is 0 Å². The van der Waals surface area contributed by atoms with Crippen LogP contribution in [-0.2, 0) is 9.84 Å². The first-order chi connectivity index (χ1) is 19.7. The van der Waals surface area contributed by atoms with Gasteiger partial charge in [-0.05, 0) is 88.3 Å². The minimum Gasteiger partial charge on any atom is -0.491 e. The summed E-state index contributed by atoms with van der Waals surface area (Å²) >= 11 is 0. The molecule has 2 fully saturated rings. The van der Waals surface area contributed by atoms with Crippen LogP contribution in [0.15, 0.2) is 58.3 Å². The molecule has 2 aliphatic rings. The van der Waals surface area contributed by atoms with Crippen LogP contribution in [0.4, 0.5) is 0 Å². The molecule has 0 spiro atoms. The van der Waals surface area contributed by atoms with E-state index in [0.717, 1.165) is 0 Å². The number of sulfone groups is 1. The molecule has 0 aliphatic heterocycles. The smallest absolute Gasteiger partial charge is 0.206 e. The Hall–Kier alpha value is -2.17. The number of hydrogen-bond donors (Lipinski definition) is 2. The average molecular weight is 589 g/mol. The van der Waals surface area contributed by atoms with Gasteiger partial charge in [0.1, 0.15) is 36.9 Å². The monoisotopic (exact) mass is 588 g/mol. The van der Waals surface area contributed by atoms with Crippen LogP contribution in [0.5, 0.6) is 11.5 Å². The van der Waals surface area contributed by atoms with Crippen molar-refractivity contribution < 1.29 is 28.1 Å². The molecular weight excluding hydrogens is 540 g/mol. The largest absolute Gasteiger partial charge is 0.491 e. The van der Waals surface area contributed by atoms with Crippen LogP contribution in [0.3, 0.4) is 0 Å². The van der Waals surface area contributed by atoms with Gasteiger partial charge >= 0.3 is 0 Å². The first kappa shape index (κ1) is 31.8. The van der Waals surface area contributed by atoms with Crippen molar-refractivity contribution in [3.05, 3.63) is 48.5 Å². The molecule has 0 saturated heterocycles. The van der Waals surface area contributed by atoms with Gasteiger partial charge < -0.3 is 29.5 Å². The van der Waals surface area contributed by atoms with Gasteiger partial charge in [-0.2, -0.15) is 0 Å². The van der Waals surface area contributed by atoms with E-state index in [0.29, 0.717) is 36.7 Å². The molecule has 2 aromatic carbocycles. The molecule has 0 unspecified atom stereocenters. The van der Waals surface area contributed by atoms with Crippen molar-refractivity contribution >= 4 is 9.84 Å². The highest BCUT2D eigenvalue weighted by atomic mass is 32.2. The van der Waals surface area contributed by atoms with Gasteiger partial charge in [0.2, 0.25) is 9.84 Å². The van der Waals surface area contributed by atoms with Gasteiger partial charge in [0.05, 0.1) is 9.79 Å². The van der Waals surface area contributed by atoms with E-state index in [-0.39, 0.29) is 23.0 Å². The number of ether oxygens (including phenoxy) is 2. The molecule has 2 aliphatic carbocycles. The number of likely N-dealkylation sites (N-methyl/N-ethyl adjacent to an activating group) is 2. The fourth-order valence-corrected chi connectivity index (χ4v) is 7.32. The minimum absolute atomic E-state index is 0.149. The lowest BCUT2D eigenvalue weighted by atomic mass is 9.94. The fourth-order valence-electron chi connectivity index (χ4n) is 6.06. The summed E-state index contributed by atoms with van der Waals surface area (Å²) in [4.78, 5) is 4.77. The summed E-state index contributed by atoms with van der Waals surface area (Å²) in [6, 6.07) is 13.6. The third-order valence-corrected chi connectivity index (χ3v) is 10.3. The molecule has 41 heavy (non-hydrogen) atoms. The molecule has 2 aromatic rings. The second-order valence-corrected chi connectivity index (χ2v) is 13.8. The number of aliphatic hydroxyl groups is 2. The lowest BCUT2D eigenvalue weighted by molar-refractivity contribution is 0.0561. The molecule has 0 heterocycles. The van der Waals surface area contributed by atoms with Crippen molar-refractivity contribution in [2.75, 3.05) is 40.4 Å². The topological polar surface area (TPSA) is 99.5 Å². The van der Waals surface area contributed by atoms with Crippen LogP contribution >= 0.6 is 0 Å². The quantitative estimate of drug-likeness (QED) is 0.332. The highest BCUT2D eigenvalue weighted by Crippen LogP contribution is 2.26. The van der Waals surface area contributed by atoms with Crippen molar-refractivity contribution in [2.45, 2.75) is 98.3 Å². The summed E-state index contributed by atoms with van der Waals surface area (Å²) in [7, 11) is 0.393. The van der Waals surface area contributed by atoms with Crippen LogP contribution < -0.4 is 9.47 Å². The second kappa shape index (κ2) is 15.3. The summed E-state index contributed by atoms with van der Waals surface area (Å²) in [6.07, 6.45) is 11.1. The molecule has 0 bridgehead atoms. The maximum atomic E-state index is 13.2. The molecule has 2 saturated carbocycles. The van der Waals surface area contributed by atoms with E-state index in [1.807, 2.05) is 0 Å². The van der Waals surface area contributed by atoms with Crippen LogP contribution in [0.25, 0.3) is 0 Å². The summed E-state index contributed by atoms with van der Waals surface area (Å²) in [6.45, 7) is 1.40. The van der Waals surface area contributed by atoms with Crippen LogP contribution in [0.1, 0.15) is 64.2 Å². The average Bonchev–Trinajstić information content (AvgIpc) is 3.00. The molecule has 228 valence electrons. The predicted octanol–water partition coefficient (Wildman–Crippen LogP) is 4.53. The summed E-state index contributed by atoms with van der Waals surface area (Å²) < 4.78 is 37.8. The third-order valence-electron chi connectivity index (χ3n) is 8.55. The summed E-state index contributed by atoms with van der Waals surface area (Å²) in [5, 5.41) is 20.9. The van der Waals surface area contributed by atoms with Crippen LogP contribution in [0, 0.1) is 0 Å². The number of rotatable bonds is 14. The zero-order chi connectivity index (χ0) is 29.2.